The molecule has 0 aliphatic heterocycles. The van der Waals surface area contributed by atoms with E-state index in [-0.39, 0.29) is 0 Å². The molecule has 22 heavy (non-hydrogen) atoms. The molecule has 0 fully saturated rings. The Morgan fingerprint density at radius 1 is 1.05 bits per heavy atom. The molecule has 0 atom stereocenters. The summed E-state index contributed by atoms with van der Waals surface area (Å²) in [6, 6.07) is 20.6. The molecule has 0 unspecified atom stereocenters. The Labute approximate surface area is 148 Å². The summed E-state index contributed by atoms with van der Waals surface area (Å²) in [5, 5.41) is 0. The summed E-state index contributed by atoms with van der Waals surface area (Å²) in [6.07, 6.45) is 2.11. The van der Waals surface area contributed by atoms with Crippen LogP contribution in [0.15, 0.2) is 60.7 Å². The normalized spacial score (nSPS) is 11.2. The van der Waals surface area contributed by atoms with Crippen LogP contribution in [-0.2, 0) is 4.74 Å². The van der Waals surface area contributed by atoms with Crippen molar-refractivity contribution < 1.29 is 4.74 Å². The number of rotatable bonds is 6. The average molecular weight is 458 g/mol. The number of hydrogen-bond donors (Lipinski definition) is 0. The molecule has 0 heterocycles. The van der Waals surface area contributed by atoms with Crippen LogP contribution in [0.3, 0.4) is 0 Å². The van der Waals surface area contributed by atoms with Crippen molar-refractivity contribution in [2.24, 2.45) is 0 Å². The minimum absolute atomic E-state index is 0.576. The van der Waals surface area contributed by atoms with Crippen LogP contribution in [0.2, 0.25) is 0 Å². The van der Waals surface area contributed by atoms with E-state index in [9.17, 15) is 0 Å². The van der Waals surface area contributed by atoms with Gasteiger partial charge in [0.2, 0.25) is 0 Å². The van der Waals surface area contributed by atoms with Gasteiger partial charge >= 0.3 is 149 Å². The zero-order valence-corrected chi connectivity index (χ0v) is 17.7. The van der Waals surface area contributed by atoms with Gasteiger partial charge in [0.1, 0.15) is 0 Å². The summed E-state index contributed by atoms with van der Waals surface area (Å²) in [5.74, 6) is 0. The van der Waals surface area contributed by atoms with Crippen LogP contribution in [0, 0.1) is 0 Å². The van der Waals surface area contributed by atoms with E-state index in [1.54, 1.807) is 8.95 Å². The van der Waals surface area contributed by atoms with Gasteiger partial charge in [0.25, 0.3) is 0 Å². The summed E-state index contributed by atoms with van der Waals surface area (Å²) in [5.41, 5.74) is 0. The van der Waals surface area contributed by atoms with E-state index in [0.29, 0.717) is 11.0 Å². The SMILES string of the molecule is CCCCOC(=S)[S][Sn]([Cl])([c]1ccccc1)[c]1ccccc1. The van der Waals surface area contributed by atoms with Gasteiger partial charge in [0.05, 0.1) is 0 Å². The van der Waals surface area contributed by atoms with Gasteiger partial charge in [-0.3, -0.25) is 0 Å². The van der Waals surface area contributed by atoms with E-state index in [2.05, 4.69) is 31.2 Å². The number of unbranched alkanes of at least 4 members (excludes halogenated alkanes) is 1. The summed E-state index contributed by atoms with van der Waals surface area (Å²) in [6.45, 7) is 2.81. The Hall–Kier alpha value is -0.231. The van der Waals surface area contributed by atoms with Gasteiger partial charge in [-0.15, -0.1) is 0 Å². The van der Waals surface area contributed by atoms with Crippen molar-refractivity contribution in [1.29, 1.82) is 0 Å². The predicted molar refractivity (Wildman–Crippen MR) is 105 cm³/mol. The molecule has 0 aliphatic rings. The number of hydrogen-bond acceptors (Lipinski definition) is 3. The first-order chi connectivity index (χ1) is 10.7. The van der Waals surface area contributed by atoms with Crippen molar-refractivity contribution in [1.82, 2.24) is 0 Å². The third-order valence-electron chi connectivity index (χ3n) is 3.23. The Morgan fingerprint density at radius 2 is 1.55 bits per heavy atom. The zero-order valence-electron chi connectivity index (χ0n) is 12.5. The van der Waals surface area contributed by atoms with Crippen LogP contribution in [-0.4, -0.2) is 26.9 Å². The molecule has 0 aliphatic carbocycles. The van der Waals surface area contributed by atoms with Gasteiger partial charge in [-0.05, 0) is 0 Å². The van der Waals surface area contributed by atoms with E-state index < -0.39 is 15.9 Å². The molecule has 0 saturated carbocycles. The molecule has 0 spiro atoms. The topological polar surface area (TPSA) is 9.23 Å². The molecule has 5 heteroatoms. The number of thiocarbonyl (C=S) groups is 1. The van der Waals surface area contributed by atoms with Crippen LogP contribution in [0.1, 0.15) is 19.8 Å². The summed E-state index contributed by atoms with van der Waals surface area (Å²) in [7, 11) is 8.79. The zero-order chi connectivity index (χ0) is 15.8. The first-order valence-electron chi connectivity index (χ1n) is 7.32. The Balaban J connectivity index is 2.25. The molecule has 0 saturated heterocycles. The maximum atomic E-state index is 7.20. The first kappa shape index (κ1) is 18.1. The second kappa shape index (κ2) is 9.16. The van der Waals surface area contributed by atoms with Gasteiger partial charge in [-0.2, -0.15) is 0 Å². The fourth-order valence-electron chi connectivity index (χ4n) is 2.03. The molecule has 0 radical (unpaired) electrons. The van der Waals surface area contributed by atoms with Gasteiger partial charge in [0.15, 0.2) is 0 Å². The van der Waals surface area contributed by atoms with Crippen LogP contribution < -0.4 is 7.16 Å². The third kappa shape index (κ3) is 4.88. The molecule has 0 aromatic heterocycles. The van der Waals surface area contributed by atoms with E-state index in [1.165, 1.54) is 7.16 Å². The van der Waals surface area contributed by atoms with Crippen LogP contribution in [0.5, 0.6) is 0 Å². The molecule has 2 aromatic carbocycles. The fourth-order valence-corrected chi connectivity index (χ4v) is 20.1. The van der Waals surface area contributed by atoms with Gasteiger partial charge in [-0.1, -0.05) is 0 Å². The third-order valence-corrected chi connectivity index (χ3v) is 23.2. The van der Waals surface area contributed by atoms with E-state index in [1.807, 2.05) is 36.4 Å². The van der Waals surface area contributed by atoms with E-state index in [4.69, 9.17) is 25.9 Å². The standard InChI is InChI=1S/2C6H5.C5H10OS2.ClH.Sn/c2*1-2-4-6-5-3-1;1-2-3-4-6-5(7)8;;/h2*1-5H;2-4H2,1H3,(H,7,8);1H;/q;;;;+2/p-2. The molecule has 0 amide bonds. The van der Waals surface area contributed by atoms with Gasteiger partial charge in [-0.25, -0.2) is 0 Å². The molecule has 2 aromatic rings. The minimum atomic E-state index is -3.39. The molecule has 1 nitrogen and oxygen atoms in total. The molecular formula is C17H19ClOS2Sn. The van der Waals surface area contributed by atoms with Crippen molar-refractivity contribution in [3.8, 4) is 0 Å². The van der Waals surface area contributed by atoms with Crippen LogP contribution >= 0.6 is 30.1 Å². The van der Waals surface area contributed by atoms with Crippen molar-refractivity contribution in [3.05, 3.63) is 60.7 Å². The van der Waals surface area contributed by atoms with Crippen molar-refractivity contribution in [3.63, 3.8) is 0 Å². The molecule has 116 valence electrons. The Morgan fingerprint density at radius 3 is 2.00 bits per heavy atom. The van der Waals surface area contributed by atoms with Crippen molar-refractivity contribution in [2.75, 3.05) is 6.61 Å². The van der Waals surface area contributed by atoms with Gasteiger partial charge < -0.3 is 0 Å². The van der Waals surface area contributed by atoms with Crippen molar-refractivity contribution >= 4 is 57.5 Å². The summed E-state index contributed by atoms with van der Waals surface area (Å²) in [4.78, 5) is 0. The number of halogens is 1. The molecule has 2 rings (SSSR count). The molecule has 0 N–H and O–H groups in total. The molecular weight excluding hydrogens is 438 g/mol. The predicted octanol–water partition coefficient (Wildman–Crippen LogP) is 4.32. The summed E-state index contributed by atoms with van der Waals surface area (Å²) < 4.78 is 8.67. The fraction of sp³-hybridized carbons (Fsp3) is 0.235. The van der Waals surface area contributed by atoms with Gasteiger partial charge in [0, 0.05) is 0 Å². The monoisotopic (exact) mass is 458 g/mol. The summed E-state index contributed by atoms with van der Waals surface area (Å²) >= 11 is 2.04. The Bertz CT molecular complexity index is 553. The average Bonchev–Trinajstić information content (AvgIpc) is 2.56. The maximum absolute atomic E-state index is 7.20. The quantitative estimate of drug-likeness (QED) is 0.363. The number of ether oxygens (including phenoxy) is 1. The second-order valence-corrected chi connectivity index (χ2v) is 23.9. The first-order valence-corrected chi connectivity index (χ1v) is 18.5. The molecule has 0 bridgehead atoms. The van der Waals surface area contributed by atoms with Crippen molar-refractivity contribution in [2.45, 2.75) is 19.8 Å². The second-order valence-electron chi connectivity index (χ2n) is 4.88. The van der Waals surface area contributed by atoms with Crippen LogP contribution in [0.25, 0.3) is 0 Å². The van der Waals surface area contributed by atoms with E-state index >= 15 is 0 Å². The van der Waals surface area contributed by atoms with Crippen LogP contribution in [0.4, 0.5) is 0 Å². The van der Waals surface area contributed by atoms with E-state index in [0.717, 1.165) is 12.8 Å². The number of benzene rings is 2. The Kier molecular flexibility index (Phi) is 7.54.